The minimum Gasteiger partial charge on any atom is -0.392 e. The van der Waals surface area contributed by atoms with Gasteiger partial charge in [-0.05, 0) is 43.1 Å². The molecule has 1 amide bonds. The van der Waals surface area contributed by atoms with E-state index in [1.54, 1.807) is 0 Å². The van der Waals surface area contributed by atoms with E-state index in [-0.39, 0.29) is 5.91 Å². The van der Waals surface area contributed by atoms with Gasteiger partial charge in [0.1, 0.15) is 0 Å². The number of hydrogen-bond acceptors (Lipinski definition) is 4. The largest absolute Gasteiger partial charge is 0.392 e. The van der Waals surface area contributed by atoms with Gasteiger partial charge < -0.3 is 11.1 Å². The van der Waals surface area contributed by atoms with Crippen LogP contribution in [-0.2, 0) is 4.79 Å². The summed E-state index contributed by atoms with van der Waals surface area (Å²) in [6.45, 7) is 2.65. The van der Waals surface area contributed by atoms with Gasteiger partial charge in [-0.3, -0.25) is 9.69 Å². The van der Waals surface area contributed by atoms with Gasteiger partial charge in [-0.25, -0.2) is 0 Å². The number of rotatable bonds is 5. The number of carbonyl (C=O) groups is 1. The van der Waals surface area contributed by atoms with Crippen molar-refractivity contribution >= 4 is 34.9 Å². The molecule has 4 nitrogen and oxygen atoms in total. The molecule has 0 aromatic heterocycles. The summed E-state index contributed by atoms with van der Waals surface area (Å²) in [5, 5.41) is 3.20. The van der Waals surface area contributed by atoms with E-state index in [0.29, 0.717) is 29.9 Å². The number of thiocarbonyl (C=S) groups is 1. The van der Waals surface area contributed by atoms with Crippen LogP contribution in [-0.4, -0.2) is 53.0 Å². The smallest absolute Gasteiger partial charge is 0.220 e. The molecule has 3 N–H and O–H groups in total. The Bertz CT molecular complexity index is 337. The second kappa shape index (κ2) is 8.20. The number of nitrogens with one attached hydrogen (secondary N) is 1. The molecule has 0 aromatic rings. The first-order chi connectivity index (χ1) is 9.63. The van der Waals surface area contributed by atoms with Gasteiger partial charge in [0.05, 0.1) is 4.99 Å². The third-order valence-electron chi connectivity index (χ3n) is 4.15. The fraction of sp³-hybridized carbons (Fsp3) is 0.857. The summed E-state index contributed by atoms with van der Waals surface area (Å²) in [6.07, 6.45) is 5.13. The molecule has 2 aliphatic rings. The van der Waals surface area contributed by atoms with Crippen molar-refractivity contribution in [1.82, 2.24) is 10.2 Å². The zero-order valence-electron chi connectivity index (χ0n) is 12.0. The van der Waals surface area contributed by atoms with E-state index in [1.165, 1.54) is 24.3 Å². The van der Waals surface area contributed by atoms with Crippen molar-refractivity contribution in [3.63, 3.8) is 0 Å². The second-order valence-corrected chi connectivity index (χ2v) is 7.59. The molecule has 2 rings (SSSR count). The van der Waals surface area contributed by atoms with Crippen LogP contribution in [0, 0.1) is 5.92 Å². The summed E-state index contributed by atoms with van der Waals surface area (Å²) >= 11 is 6.94. The van der Waals surface area contributed by atoms with Crippen molar-refractivity contribution in [2.24, 2.45) is 11.7 Å². The third-order valence-corrected chi connectivity index (χ3v) is 5.32. The number of thioether (sulfide) groups is 1. The Morgan fingerprint density at radius 3 is 2.50 bits per heavy atom. The summed E-state index contributed by atoms with van der Waals surface area (Å²) in [5.41, 5.74) is 5.56. The topological polar surface area (TPSA) is 58.4 Å². The summed E-state index contributed by atoms with van der Waals surface area (Å²) < 4.78 is 0. The van der Waals surface area contributed by atoms with Gasteiger partial charge in [0.25, 0.3) is 0 Å². The van der Waals surface area contributed by atoms with Crippen molar-refractivity contribution in [3.8, 4) is 0 Å². The number of hydrogen-bond donors (Lipinski definition) is 2. The molecular formula is C14H25N3OS2. The number of piperidine rings is 1. The molecule has 0 unspecified atom stereocenters. The lowest BCUT2D eigenvalue weighted by Gasteiger charge is -2.32. The Hall–Kier alpha value is -0.330. The fourth-order valence-electron chi connectivity index (χ4n) is 2.96. The highest BCUT2D eigenvalue weighted by molar-refractivity contribution is 7.99. The molecule has 0 aliphatic carbocycles. The number of nitrogens with zero attached hydrogens (tertiary/aromatic N) is 1. The standard InChI is InChI=1S/C14H25N3OS2/c15-13(19)10-17-5-1-12(2-6-17)16-14(18)9-11-3-7-20-8-4-11/h11-12H,1-10H2,(H2,15,19)(H,16,18). The molecular weight excluding hydrogens is 290 g/mol. The molecule has 2 aliphatic heterocycles. The molecule has 0 radical (unpaired) electrons. The van der Waals surface area contributed by atoms with Crippen LogP contribution in [0.1, 0.15) is 32.1 Å². The van der Waals surface area contributed by atoms with Crippen LogP contribution in [0.25, 0.3) is 0 Å². The summed E-state index contributed by atoms with van der Waals surface area (Å²) in [5.74, 6) is 3.28. The maximum absolute atomic E-state index is 12.1. The van der Waals surface area contributed by atoms with Gasteiger partial charge in [-0.1, -0.05) is 12.2 Å². The van der Waals surface area contributed by atoms with Crippen molar-refractivity contribution in [3.05, 3.63) is 0 Å². The van der Waals surface area contributed by atoms with Gasteiger partial charge in [-0.2, -0.15) is 11.8 Å². The first-order valence-electron chi connectivity index (χ1n) is 7.51. The lowest BCUT2D eigenvalue weighted by molar-refractivity contribution is -0.123. The van der Waals surface area contributed by atoms with E-state index in [2.05, 4.69) is 10.2 Å². The summed E-state index contributed by atoms with van der Waals surface area (Å²) in [6, 6.07) is 0.336. The Morgan fingerprint density at radius 2 is 1.90 bits per heavy atom. The minimum absolute atomic E-state index is 0.245. The number of likely N-dealkylation sites (tertiary alicyclic amines) is 1. The fourth-order valence-corrected chi connectivity index (χ4v) is 4.34. The normalized spacial score (nSPS) is 22.6. The van der Waals surface area contributed by atoms with Gasteiger partial charge in [0, 0.05) is 32.1 Å². The van der Waals surface area contributed by atoms with E-state index in [9.17, 15) is 4.79 Å². The molecule has 0 bridgehead atoms. The Labute approximate surface area is 131 Å². The molecule has 6 heteroatoms. The highest BCUT2D eigenvalue weighted by atomic mass is 32.2. The number of amides is 1. The van der Waals surface area contributed by atoms with Gasteiger partial charge in [-0.15, -0.1) is 0 Å². The highest BCUT2D eigenvalue weighted by Crippen LogP contribution is 2.25. The van der Waals surface area contributed by atoms with Crippen LogP contribution in [0.15, 0.2) is 0 Å². The molecule has 20 heavy (non-hydrogen) atoms. The predicted molar refractivity (Wildman–Crippen MR) is 89.1 cm³/mol. The van der Waals surface area contributed by atoms with Gasteiger partial charge >= 0.3 is 0 Å². The maximum atomic E-state index is 12.1. The highest BCUT2D eigenvalue weighted by Gasteiger charge is 2.23. The summed E-state index contributed by atoms with van der Waals surface area (Å²) in [4.78, 5) is 14.9. The van der Waals surface area contributed by atoms with Crippen LogP contribution in [0.3, 0.4) is 0 Å². The molecule has 114 valence electrons. The zero-order chi connectivity index (χ0) is 14.4. The van der Waals surface area contributed by atoms with E-state index < -0.39 is 0 Å². The number of carbonyl (C=O) groups excluding carboxylic acids is 1. The molecule has 0 atom stereocenters. The zero-order valence-corrected chi connectivity index (χ0v) is 13.6. The Morgan fingerprint density at radius 1 is 1.25 bits per heavy atom. The molecule has 2 fully saturated rings. The average Bonchev–Trinajstić information content (AvgIpc) is 2.41. The van der Waals surface area contributed by atoms with Crippen molar-refractivity contribution in [2.45, 2.75) is 38.1 Å². The van der Waals surface area contributed by atoms with Crippen molar-refractivity contribution in [2.75, 3.05) is 31.1 Å². The lowest BCUT2D eigenvalue weighted by atomic mass is 9.97. The molecule has 0 spiro atoms. The Balaban J connectivity index is 1.64. The maximum Gasteiger partial charge on any atom is 0.220 e. The van der Waals surface area contributed by atoms with Crippen molar-refractivity contribution < 1.29 is 4.79 Å². The predicted octanol–water partition coefficient (Wildman–Crippen LogP) is 1.39. The van der Waals surface area contributed by atoms with Crippen molar-refractivity contribution in [1.29, 1.82) is 0 Å². The van der Waals surface area contributed by atoms with Gasteiger partial charge in [0.2, 0.25) is 5.91 Å². The first-order valence-corrected chi connectivity index (χ1v) is 9.07. The van der Waals surface area contributed by atoms with E-state index in [0.717, 1.165) is 25.9 Å². The quantitative estimate of drug-likeness (QED) is 0.751. The SMILES string of the molecule is NC(=S)CN1CCC(NC(=O)CC2CCSCC2)CC1. The van der Waals surface area contributed by atoms with Crippen LogP contribution in [0.5, 0.6) is 0 Å². The van der Waals surface area contributed by atoms with Crippen LogP contribution < -0.4 is 11.1 Å². The van der Waals surface area contributed by atoms with Gasteiger partial charge in [0.15, 0.2) is 0 Å². The van der Waals surface area contributed by atoms with Crippen LogP contribution in [0.2, 0.25) is 0 Å². The number of nitrogens with two attached hydrogens (primary N) is 1. The monoisotopic (exact) mass is 315 g/mol. The van der Waals surface area contributed by atoms with E-state index >= 15 is 0 Å². The summed E-state index contributed by atoms with van der Waals surface area (Å²) in [7, 11) is 0. The molecule has 0 aromatic carbocycles. The van der Waals surface area contributed by atoms with Crippen LogP contribution >= 0.6 is 24.0 Å². The average molecular weight is 316 g/mol. The minimum atomic E-state index is 0.245. The second-order valence-electron chi connectivity index (χ2n) is 5.84. The Kier molecular flexibility index (Phi) is 6.58. The third kappa shape index (κ3) is 5.58. The first kappa shape index (κ1) is 16.0. The molecule has 2 heterocycles. The van der Waals surface area contributed by atoms with E-state index in [1.807, 2.05) is 11.8 Å². The molecule has 0 saturated carbocycles. The molecule has 2 saturated heterocycles. The van der Waals surface area contributed by atoms with Crippen LogP contribution in [0.4, 0.5) is 0 Å². The van der Waals surface area contributed by atoms with E-state index in [4.69, 9.17) is 18.0 Å². The lowest BCUT2D eigenvalue weighted by Crippen LogP contribution is -2.46.